The highest BCUT2D eigenvalue weighted by Gasteiger charge is 2.36. The molecule has 2 atom stereocenters. The number of hydrogen-bond donors (Lipinski definition) is 2. The zero-order chi connectivity index (χ0) is 10.4. The van der Waals surface area contributed by atoms with Gasteiger partial charge in [0.15, 0.2) is 0 Å². The van der Waals surface area contributed by atoms with Crippen LogP contribution in [0.25, 0.3) is 0 Å². The van der Waals surface area contributed by atoms with E-state index in [1.807, 2.05) is 0 Å². The minimum atomic E-state index is -0.968. The molecule has 4 N–H and O–H groups in total. The van der Waals surface area contributed by atoms with E-state index in [0.717, 1.165) is 18.6 Å². The summed E-state index contributed by atoms with van der Waals surface area (Å²) in [5, 5.41) is 0. The predicted molar refractivity (Wildman–Crippen MR) is 66.2 cm³/mol. The number of hydrogen-bond acceptors (Lipinski definition) is 2. The van der Waals surface area contributed by atoms with Crippen LogP contribution in [0.4, 0.5) is 0 Å². The topological polar surface area (TPSA) is 52.0 Å². The first kappa shape index (κ1) is 12.2. The number of rotatable bonds is 5. The van der Waals surface area contributed by atoms with Gasteiger partial charge in [0.2, 0.25) is 0 Å². The first-order valence-corrected chi connectivity index (χ1v) is 9.12. The van der Waals surface area contributed by atoms with Crippen molar-refractivity contribution in [1.29, 1.82) is 0 Å². The van der Waals surface area contributed by atoms with Crippen LogP contribution in [-0.2, 0) is 0 Å². The molecule has 1 rings (SSSR count). The number of nitrogens with two attached hydrogens (primary N) is 2. The molecule has 84 valence electrons. The molecule has 0 saturated carbocycles. The van der Waals surface area contributed by atoms with E-state index in [1.54, 1.807) is 0 Å². The van der Waals surface area contributed by atoms with Gasteiger partial charge in [0.05, 0.1) is 8.07 Å². The van der Waals surface area contributed by atoms with Gasteiger partial charge in [-0.25, -0.2) is 0 Å². The van der Waals surface area contributed by atoms with E-state index in [-0.39, 0.29) is 0 Å². The third-order valence-corrected chi connectivity index (χ3v) is 9.54. The Balaban J connectivity index is 2.49. The molecule has 0 spiro atoms. The van der Waals surface area contributed by atoms with Gasteiger partial charge in [0.1, 0.15) is 0 Å². The zero-order valence-corrected chi connectivity index (χ0v) is 10.6. The second-order valence-electron chi connectivity index (χ2n) is 5.07. The van der Waals surface area contributed by atoms with Gasteiger partial charge in [-0.3, -0.25) is 0 Å². The van der Waals surface area contributed by atoms with Crippen LogP contribution in [0.3, 0.4) is 0 Å². The molecule has 0 aliphatic carbocycles. The Morgan fingerprint density at radius 3 is 2.64 bits per heavy atom. The van der Waals surface area contributed by atoms with Crippen LogP contribution in [0.1, 0.15) is 32.1 Å². The van der Waals surface area contributed by atoms with Crippen molar-refractivity contribution < 1.29 is 0 Å². The summed E-state index contributed by atoms with van der Waals surface area (Å²) < 4.78 is 0. The molecule has 1 aliphatic heterocycles. The minimum Gasteiger partial charge on any atom is -0.330 e. The van der Waals surface area contributed by atoms with Crippen LogP contribution in [0.2, 0.25) is 24.2 Å². The molecule has 0 aromatic carbocycles. The van der Waals surface area contributed by atoms with Crippen LogP contribution in [0.5, 0.6) is 0 Å². The van der Waals surface area contributed by atoms with Gasteiger partial charge in [-0.1, -0.05) is 37.9 Å². The summed E-state index contributed by atoms with van der Waals surface area (Å²) in [4.78, 5) is 0. The van der Waals surface area contributed by atoms with Crippen molar-refractivity contribution in [2.45, 2.75) is 56.3 Å². The van der Waals surface area contributed by atoms with Gasteiger partial charge in [-0.15, -0.1) is 0 Å². The molecule has 3 heteroatoms. The first-order valence-electron chi connectivity index (χ1n) is 6.13. The Morgan fingerprint density at radius 1 is 1.21 bits per heavy atom. The van der Waals surface area contributed by atoms with Crippen molar-refractivity contribution in [3.63, 3.8) is 0 Å². The SMILES string of the molecule is C[Si]1(CCCN)CCCCC1CCN. The highest BCUT2D eigenvalue weighted by atomic mass is 28.3. The molecule has 0 radical (unpaired) electrons. The van der Waals surface area contributed by atoms with E-state index in [2.05, 4.69) is 6.55 Å². The van der Waals surface area contributed by atoms with Gasteiger partial charge < -0.3 is 11.5 Å². The quantitative estimate of drug-likeness (QED) is 0.690. The first-order chi connectivity index (χ1) is 6.73. The second-order valence-corrected chi connectivity index (χ2v) is 10.2. The highest BCUT2D eigenvalue weighted by molar-refractivity contribution is 6.80. The maximum Gasteiger partial charge on any atom is 0.0536 e. The third kappa shape index (κ3) is 3.07. The van der Waals surface area contributed by atoms with Crippen molar-refractivity contribution in [1.82, 2.24) is 0 Å². The van der Waals surface area contributed by atoms with Gasteiger partial charge in [0.25, 0.3) is 0 Å². The molecule has 0 amide bonds. The van der Waals surface area contributed by atoms with E-state index >= 15 is 0 Å². The van der Waals surface area contributed by atoms with Crippen molar-refractivity contribution in [3.8, 4) is 0 Å². The molecule has 1 fully saturated rings. The maximum absolute atomic E-state index is 5.71. The average Bonchev–Trinajstić information content (AvgIpc) is 2.19. The molecule has 1 aliphatic rings. The summed E-state index contributed by atoms with van der Waals surface area (Å²) in [6.07, 6.45) is 6.87. The fraction of sp³-hybridized carbons (Fsp3) is 1.00. The fourth-order valence-corrected chi connectivity index (χ4v) is 7.90. The summed E-state index contributed by atoms with van der Waals surface area (Å²) in [6, 6.07) is 2.96. The summed E-state index contributed by atoms with van der Waals surface area (Å²) >= 11 is 0. The van der Waals surface area contributed by atoms with Crippen LogP contribution in [0.15, 0.2) is 0 Å². The lowest BCUT2D eigenvalue weighted by Crippen LogP contribution is -2.40. The largest absolute Gasteiger partial charge is 0.330 e. The molecule has 2 nitrogen and oxygen atoms in total. The van der Waals surface area contributed by atoms with Gasteiger partial charge in [-0.2, -0.15) is 0 Å². The molecule has 0 aromatic heterocycles. The summed E-state index contributed by atoms with van der Waals surface area (Å²) in [5.41, 5.74) is 12.3. The van der Waals surface area contributed by atoms with Gasteiger partial charge in [-0.05, 0) is 31.5 Å². The van der Waals surface area contributed by atoms with Gasteiger partial charge in [0, 0.05) is 0 Å². The average molecular weight is 214 g/mol. The maximum atomic E-state index is 5.71. The monoisotopic (exact) mass is 214 g/mol. The standard InChI is InChI=1S/C11H26N2Si/c1-14(10-4-7-12)9-3-2-5-11(14)6-8-13/h11H,2-10,12-13H2,1H3. The Labute approximate surface area is 89.4 Å². The Bertz CT molecular complexity index is 161. The molecular formula is C11H26N2Si. The zero-order valence-electron chi connectivity index (χ0n) is 9.60. The van der Waals surface area contributed by atoms with Crippen LogP contribution in [0, 0.1) is 0 Å². The Hall–Kier alpha value is 0.137. The van der Waals surface area contributed by atoms with Gasteiger partial charge >= 0.3 is 0 Å². The third-order valence-electron chi connectivity index (χ3n) is 4.00. The lowest BCUT2D eigenvalue weighted by Gasteiger charge is -2.40. The second kappa shape index (κ2) is 5.88. The van der Waals surface area contributed by atoms with Crippen molar-refractivity contribution in [2.24, 2.45) is 11.5 Å². The van der Waals surface area contributed by atoms with E-state index in [1.165, 1.54) is 44.2 Å². The van der Waals surface area contributed by atoms with Crippen LogP contribution < -0.4 is 11.5 Å². The summed E-state index contributed by atoms with van der Waals surface area (Å²) in [6.45, 7) is 4.34. The molecule has 1 saturated heterocycles. The van der Waals surface area contributed by atoms with E-state index in [0.29, 0.717) is 0 Å². The molecular weight excluding hydrogens is 188 g/mol. The summed E-state index contributed by atoms with van der Waals surface area (Å²) in [7, 11) is -0.968. The molecule has 1 heterocycles. The molecule has 2 unspecified atom stereocenters. The van der Waals surface area contributed by atoms with Crippen molar-refractivity contribution in [3.05, 3.63) is 0 Å². The smallest absolute Gasteiger partial charge is 0.0536 e. The highest BCUT2D eigenvalue weighted by Crippen LogP contribution is 2.42. The normalized spacial score (nSPS) is 33.2. The minimum absolute atomic E-state index is 0.873. The van der Waals surface area contributed by atoms with Crippen molar-refractivity contribution in [2.75, 3.05) is 13.1 Å². The van der Waals surface area contributed by atoms with Crippen LogP contribution >= 0.6 is 0 Å². The van der Waals surface area contributed by atoms with E-state index in [4.69, 9.17) is 11.5 Å². The molecule has 0 bridgehead atoms. The van der Waals surface area contributed by atoms with E-state index < -0.39 is 8.07 Å². The molecule has 0 aromatic rings. The summed E-state index contributed by atoms with van der Waals surface area (Å²) in [5.74, 6) is 0. The van der Waals surface area contributed by atoms with Crippen LogP contribution in [-0.4, -0.2) is 21.2 Å². The predicted octanol–water partition coefficient (Wildman–Crippen LogP) is 2.32. The Morgan fingerprint density at radius 2 is 2.00 bits per heavy atom. The van der Waals surface area contributed by atoms with Crippen molar-refractivity contribution >= 4 is 8.07 Å². The lowest BCUT2D eigenvalue weighted by atomic mass is 10.1. The Kier molecular flexibility index (Phi) is 5.13. The molecule has 14 heavy (non-hydrogen) atoms. The van der Waals surface area contributed by atoms with E-state index in [9.17, 15) is 0 Å². The fourth-order valence-electron chi connectivity index (χ4n) is 3.00. The lowest BCUT2D eigenvalue weighted by molar-refractivity contribution is 0.572.